The molecule has 0 bridgehead atoms. The minimum Gasteiger partial charge on any atom is -0.495 e. The van der Waals surface area contributed by atoms with Crippen LogP contribution >= 0.6 is 23.4 Å². The van der Waals surface area contributed by atoms with Gasteiger partial charge in [0.05, 0.1) is 18.6 Å². The van der Waals surface area contributed by atoms with Gasteiger partial charge in [-0.15, -0.1) is 10.2 Å². The number of nitrogens with one attached hydrogen (secondary N) is 1. The third-order valence-electron chi connectivity index (χ3n) is 3.30. The average molecular weight is 375 g/mol. The van der Waals surface area contributed by atoms with E-state index in [-0.39, 0.29) is 11.7 Å². The molecule has 25 heavy (non-hydrogen) atoms. The van der Waals surface area contributed by atoms with E-state index in [1.807, 2.05) is 24.3 Å². The summed E-state index contributed by atoms with van der Waals surface area (Å²) in [6, 6.07) is 14.6. The molecule has 0 radical (unpaired) electrons. The SMILES string of the molecule is COc1ccccc1-n1cnnc1SCC(=O)Nc1cccc(Cl)c1. The summed E-state index contributed by atoms with van der Waals surface area (Å²) >= 11 is 7.20. The van der Waals surface area contributed by atoms with Crippen molar-refractivity contribution in [2.75, 3.05) is 18.2 Å². The molecule has 6 nitrogen and oxygen atoms in total. The van der Waals surface area contributed by atoms with E-state index in [0.717, 1.165) is 5.69 Å². The van der Waals surface area contributed by atoms with Crippen molar-refractivity contribution in [1.29, 1.82) is 0 Å². The Kier molecular flexibility index (Phi) is 5.57. The second-order valence-corrected chi connectivity index (χ2v) is 6.38. The van der Waals surface area contributed by atoms with Gasteiger partial charge >= 0.3 is 0 Å². The average Bonchev–Trinajstić information content (AvgIpc) is 3.08. The molecular weight excluding hydrogens is 360 g/mol. The number of hydrogen-bond donors (Lipinski definition) is 1. The Hall–Kier alpha value is -2.51. The van der Waals surface area contributed by atoms with E-state index >= 15 is 0 Å². The number of methoxy groups -OCH3 is 1. The zero-order valence-corrected chi connectivity index (χ0v) is 14.9. The number of benzene rings is 2. The van der Waals surface area contributed by atoms with Crippen LogP contribution in [0.25, 0.3) is 5.69 Å². The summed E-state index contributed by atoms with van der Waals surface area (Å²) in [5, 5.41) is 12.0. The van der Waals surface area contributed by atoms with E-state index in [1.165, 1.54) is 11.8 Å². The van der Waals surface area contributed by atoms with Gasteiger partial charge in [0, 0.05) is 10.7 Å². The number of nitrogens with zero attached hydrogens (tertiary/aromatic N) is 3. The van der Waals surface area contributed by atoms with Gasteiger partial charge in [0.1, 0.15) is 12.1 Å². The first-order chi connectivity index (χ1) is 12.2. The summed E-state index contributed by atoms with van der Waals surface area (Å²) < 4.78 is 7.15. The number of amides is 1. The van der Waals surface area contributed by atoms with Crippen LogP contribution in [0, 0.1) is 0 Å². The maximum absolute atomic E-state index is 12.1. The van der Waals surface area contributed by atoms with Crippen molar-refractivity contribution in [3.63, 3.8) is 0 Å². The van der Waals surface area contributed by atoms with Crippen LogP contribution in [0.15, 0.2) is 60.0 Å². The number of anilines is 1. The van der Waals surface area contributed by atoms with Crippen molar-refractivity contribution in [2.45, 2.75) is 5.16 Å². The molecule has 1 heterocycles. The number of para-hydroxylation sites is 2. The summed E-state index contributed by atoms with van der Waals surface area (Å²) in [4.78, 5) is 12.1. The molecule has 128 valence electrons. The number of carbonyl (C=O) groups excluding carboxylic acids is 1. The van der Waals surface area contributed by atoms with Crippen molar-refractivity contribution in [3.8, 4) is 11.4 Å². The predicted molar refractivity (Wildman–Crippen MR) is 98.7 cm³/mol. The molecule has 0 atom stereocenters. The molecule has 0 unspecified atom stereocenters. The molecule has 1 amide bonds. The third-order valence-corrected chi connectivity index (χ3v) is 4.48. The Morgan fingerprint density at radius 2 is 2.12 bits per heavy atom. The van der Waals surface area contributed by atoms with E-state index in [1.54, 1.807) is 42.3 Å². The predicted octanol–water partition coefficient (Wildman–Crippen LogP) is 3.66. The lowest BCUT2D eigenvalue weighted by Crippen LogP contribution is -2.14. The topological polar surface area (TPSA) is 69.0 Å². The molecule has 1 aromatic heterocycles. The molecule has 0 fully saturated rings. The van der Waals surface area contributed by atoms with Crippen LogP contribution in [-0.2, 0) is 4.79 Å². The molecule has 1 N–H and O–H groups in total. The lowest BCUT2D eigenvalue weighted by atomic mass is 10.3. The van der Waals surface area contributed by atoms with Crippen LogP contribution in [0.5, 0.6) is 5.75 Å². The number of hydrogen-bond acceptors (Lipinski definition) is 5. The van der Waals surface area contributed by atoms with Crippen LogP contribution in [0.2, 0.25) is 5.02 Å². The van der Waals surface area contributed by atoms with Gasteiger partial charge in [-0.05, 0) is 30.3 Å². The highest BCUT2D eigenvalue weighted by atomic mass is 35.5. The summed E-state index contributed by atoms with van der Waals surface area (Å²) in [5.74, 6) is 0.745. The zero-order valence-electron chi connectivity index (χ0n) is 13.3. The zero-order chi connectivity index (χ0) is 17.6. The second kappa shape index (κ2) is 8.04. The standard InChI is InChI=1S/C17H15ClN4O2S/c1-24-15-8-3-2-7-14(15)22-11-19-21-17(22)25-10-16(23)20-13-6-4-5-12(18)9-13/h2-9,11H,10H2,1H3,(H,20,23). The quantitative estimate of drug-likeness (QED) is 0.667. The van der Waals surface area contributed by atoms with Crippen LogP contribution in [-0.4, -0.2) is 33.5 Å². The number of rotatable bonds is 6. The Labute approximate surface area is 154 Å². The maximum Gasteiger partial charge on any atom is 0.234 e. The highest BCUT2D eigenvalue weighted by Crippen LogP contribution is 2.26. The van der Waals surface area contributed by atoms with Crippen LogP contribution in [0.4, 0.5) is 5.69 Å². The summed E-state index contributed by atoms with van der Waals surface area (Å²) in [5.41, 5.74) is 1.47. The summed E-state index contributed by atoms with van der Waals surface area (Å²) in [6.45, 7) is 0. The van der Waals surface area contributed by atoms with E-state index in [4.69, 9.17) is 16.3 Å². The number of carbonyl (C=O) groups is 1. The molecule has 3 aromatic rings. The van der Waals surface area contributed by atoms with E-state index in [9.17, 15) is 4.79 Å². The molecule has 8 heteroatoms. The first-order valence-corrected chi connectivity index (χ1v) is 8.75. The van der Waals surface area contributed by atoms with E-state index < -0.39 is 0 Å². The summed E-state index contributed by atoms with van der Waals surface area (Å²) in [7, 11) is 1.61. The normalized spacial score (nSPS) is 10.5. The van der Waals surface area contributed by atoms with Crippen molar-refractivity contribution >= 4 is 35.0 Å². The van der Waals surface area contributed by atoms with Crippen molar-refractivity contribution < 1.29 is 9.53 Å². The molecular formula is C17H15ClN4O2S. The number of halogens is 1. The van der Waals surface area contributed by atoms with Gasteiger partial charge in [0.2, 0.25) is 5.91 Å². The first kappa shape index (κ1) is 17.3. The molecule has 0 aliphatic carbocycles. The van der Waals surface area contributed by atoms with Gasteiger partial charge in [0.25, 0.3) is 0 Å². The van der Waals surface area contributed by atoms with Gasteiger partial charge in [0.15, 0.2) is 5.16 Å². The minimum atomic E-state index is -0.151. The molecule has 0 aliphatic rings. The van der Waals surface area contributed by atoms with Gasteiger partial charge in [-0.2, -0.15) is 0 Å². The number of aromatic nitrogens is 3. The van der Waals surface area contributed by atoms with Crippen molar-refractivity contribution in [2.24, 2.45) is 0 Å². The molecule has 0 aliphatic heterocycles. The molecule has 0 saturated carbocycles. The molecule has 0 spiro atoms. The molecule has 2 aromatic carbocycles. The van der Waals surface area contributed by atoms with Crippen molar-refractivity contribution in [3.05, 3.63) is 59.9 Å². The molecule has 3 rings (SSSR count). The minimum absolute atomic E-state index is 0.151. The van der Waals surface area contributed by atoms with Crippen LogP contribution < -0.4 is 10.1 Å². The number of ether oxygens (including phenoxy) is 1. The maximum atomic E-state index is 12.1. The Bertz CT molecular complexity index is 884. The Balaban J connectivity index is 1.68. The van der Waals surface area contributed by atoms with Crippen LogP contribution in [0.1, 0.15) is 0 Å². The number of thioether (sulfide) groups is 1. The van der Waals surface area contributed by atoms with E-state index in [0.29, 0.717) is 21.6 Å². The lowest BCUT2D eigenvalue weighted by molar-refractivity contribution is -0.113. The largest absolute Gasteiger partial charge is 0.495 e. The summed E-state index contributed by atoms with van der Waals surface area (Å²) in [6.07, 6.45) is 1.59. The van der Waals surface area contributed by atoms with Gasteiger partial charge in [-0.25, -0.2) is 0 Å². The van der Waals surface area contributed by atoms with Gasteiger partial charge in [-0.1, -0.05) is 41.6 Å². The van der Waals surface area contributed by atoms with Gasteiger partial charge in [-0.3, -0.25) is 9.36 Å². The monoisotopic (exact) mass is 374 g/mol. The Morgan fingerprint density at radius 1 is 1.28 bits per heavy atom. The fourth-order valence-corrected chi connectivity index (χ4v) is 3.12. The fourth-order valence-electron chi connectivity index (χ4n) is 2.21. The lowest BCUT2D eigenvalue weighted by Gasteiger charge is -2.10. The highest BCUT2D eigenvalue weighted by Gasteiger charge is 2.13. The third kappa shape index (κ3) is 4.32. The second-order valence-electron chi connectivity index (χ2n) is 5.00. The van der Waals surface area contributed by atoms with Crippen molar-refractivity contribution in [1.82, 2.24) is 14.8 Å². The van der Waals surface area contributed by atoms with E-state index in [2.05, 4.69) is 15.5 Å². The Morgan fingerprint density at radius 3 is 2.92 bits per heavy atom. The fraction of sp³-hybridized carbons (Fsp3) is 0.118. The smallest absolute Gasteiger partial charge is 0.234 e. The van der Waals surface area contributed by atoms with Crippen LogP contribution in [0.3, 0.4) is 0 Å². The van der Waals surface area contributed by atoms with Gasteiger partial charge < -0.3 is 10.1 Å². The highest BCUT2D eigenvalue weighted by molar-refractivity contribution is 7.99. The first-order valence-electron chi connectivity index (χ1n) is 7.39. The molecule has 0 saturated heterocycles.